The fraction of sp³-hybridized carbons (Fsp3) is 0.222. The summed E-state index contributed by atoms with van der Waals surface area (Å²) < 4.78 is 0. The number of anilines is 3. The van der Waals surface area contributed by atoms with E-state index in [2.05, 4.69) is 16.0 Å². The van der Waals surface area contributed by atoms with Crippen molar-refractivity contribution in [3.05, 3.63) is 52.5 Å². The van der Waals surface area contributed by atoms with Crippen LogP contribution >= 0.6 is 23.2 Å². The molecule has 0 aromatic heterocycles. The number of nitrogens with one attached hydrogen (secondary N) is 3. The number of carbonyl (C=O) groups is 2. The Morgan fingerprint density at radius 3 is 2.12 bits per heavy atom. The average Bonchev–Trinajstić information content (AvgIpc) is 2.58. The summed E-state index contributed by atoms with van der Waals surface area (Å²) in [7, 11) is 0. The number of hydrogen-bond acceptors (Lipinski definition) is 3. The van der Waals surface area contributed by atoms with Gasteiger partial charge in [0, 0.05) is 17.8 Å². The molecule has 132 valence electrons. The summed E-state index contributed by atoms with van der Waals surface area (Å²) in [5, 5.41) is 9.29. The first-order chi connectivity index (χ1) is 12.0. The van der Waals surface area contributed by atoms with Gasteiger partial charge in [0.1, 0.15) is 0 Å². The van der Waals surface area contributed by atoms with Crippen molar-refractivity contribution in [2.75, 3.05) is 22.5 Å². The molecule has 0 unspecified atom stereocenters. The molecule has 0 atom stereocenters. The van der Waals surface area contributed by atoms with Gasteiger partial charge in [0.05, 0.1) is 22.3 Å². The minimum Gasteiger partial charge on any atom is -0.375 e. The third kappa shape index (κ3) is 5.96. The van der Waals surface area contributed by atoms with Gasteiger partial charge in [0.15, 0.2) is 0 Å². The second-order valence-electron chi connectivity index (χ2n) is 5.38. The van der Waals surface area contributed by atoms with Gasteiger partial charge in [-0.15, -0.1) is 0 Å². The highest BCUT2D eigenvalue weighted by Gasteiger charge is 2.07. The van der Waals surface area contributed by atoms with Gasteiger partial charge < -0.3 is 16.0 Å². The molecular weight excluding hydrogens is 361 g/mol. The van der Waals surface area contributed by atoms with Crippen LogP contribution in [0.1, 0.15) is 19.8 Å². The predicted octanol–water partition coefficient (Wildman–Crippen LogP) is 4.78. The van der Waals surface area contributed by atoms with Crippen LogP contribution in [0.2, 0.25) is 10.0 Å². The zero-order chi connectivity index (χ0) is 18.2. The molecule has 0 fully saturated rings. The van der Waals surface area contributed by atoms with E-state index in [-0.39, 0.29) is 18.4 Å². The van der Waals surface area contributed by atoms with Crippen molar-refractivity contribution in [2.45, 2.75) is 19.8 Å². The largest absolute Gasteiger partial charge is 0.375 e. The van der Waals surface area contributed by atoms with Crippen molar-refractivity contribution in [2.24, 2.45) is 0 Å². The lowest BCUT2D eigenvalue weighted by Gasteiger charge is -2.10. The third-order valence-corrected chi connectivity index (χ3v) is 4.14. The Kier molecular flexibility index (Phi) is 7.10. The van der Waals surface area contributed by atoms with Gasteiger partial charge in [-0.2, -0.15) is 0 Å². The van der Waals surface area contributed by atoms with Crippen LogP contribution in [-0.4, -0.2) is 18.4 Å². The summed E-state index contributed by atoms with van der Waals surface area (Å²) in [6.07, 6.45) is 1.28. The molecule has 2 rings (SSSR count). The first kappa shape index (κ1) is 19.1. The van der Waals surface area contributed by atoms with E-state index in [0.717, 1.165) is 6.42 Å². The molecule has 5 nitrogen and oxygen atoms in total. The molecular formula is C18H19Cl2N3O2. The number of hydrogen-bond donors (Lipinski definition) is 3. The maximum atomic E-state index is 12.0. The SMILES string of the molecule is CCCC(=O)Nc1ccc(NC(=O)CNc2cccc(Cl)c2Cl)cc1. The highest BCUT2D eigenvalue weighted by molar-refractivity contribution is 6.43. The quantitative estimate of drug-likeness (QED) is 0.647. The summed E-state index contributed by atoms with van der Waals surface area (Å²) in [4.78, 5) is 23.5. The lowest BCUT2D eigenvalue weighted by atomic mass is 10.2. The van der Waals surface area contributed by atoms with Gasteiger partial charge in [-0.1, -0.05) is 36.2 Å². The van der Waals surface area contributed by atoms with Crippen molar-refractivity contribution < 1.29 is 9.59 Å². The third-order valence-electron chi connectivity index (χ3n) is 3.32. The monoisotopic (exact) mass is 379 g/mol. The Balaban J connectivity index is 1.86. The van der Waals surface area contributed by atoms with E-state index < -0.39 is 0 Å². The van der Waals surface area contributed by atoms with Crippen LogP contribution in [-0.2, 0) is 9.59 Å². The fourth-order valence-electron chi connectivity index (χ4n) is 2.11. The van der Waals surface area contributed by atoms with Crippen LogP contribution < -0.4 is 16.0 Å². The molecule has 2 aromatic rings. The number of amides is 2. The molecule has 3 N–H and O–H groups in total. The van der Waals surface area contributed by atoms with Crippen molar-refractivity contribution >= 4 is 52.1 Å². The fourth-order valence-corrected chi connectivity index (χ4v) is 2.48. The van der Waals surface area contributed by atoms with Crippen LogP contribution in [0.15, 0.2) is 42.5 Å². The smallest absolute Gasteiger partial charge is 0.243 e. The molecule has 2 amide bonds. The Bertz CT molecular complexity index is 748. The van der Waals surface area contributed by atoms with Crippen molar-refractivity contribution in [1.29, 1.82) is 0 Å². The Morgan fingerprint density at radius 1 is 0.920 bits per heavy atom. The van der Waals surface area contributed by atoms with E-state index in [1.54, 1.807) is 42.5 Å². The zero-order valence-electron chi connectivity index (χ0n) is 13.7. The van der Waals surface area contributed by atoms with Gasteiger partial charge in [0.2, 0.25) is 11.8 Å². The Labute approximate surface area is 156 Å². The molecule has 0 bridgehead atoms. The van der Waals surface area contributed by atoms with E-state index in [9.17, 15) is 9.59 Å². The van der Waals surface area contributed by atoms with Gasteiger partial charge in [0.25, 0.3) is 0 Å². The summed E-state index contributed by atoms with van der Waals surface area (Å²) in [6.45, 7) is 2.00. The maximum absolute atomic E-state index is 12.0. The summed E-state index contributed by atoms with van der Waals surface area (Å²) in [5.41, 5.74) is 1.93. The molecule has 0 spiro atoms. The van der Waals surface area contributed by atoms with E-state index in [4.69, 9.17) is 23.2 Å². The molecule has 0 aliphatic heterocycles. The minimum absolute atomic E-state index is 0.0260. The lowest BCUT2D eigenvalue weighted by molar-refractivity contribution is -0.116. The zero-order valence-corrected chi connectivity index (χ0v) is 15.2. The Morgan fingerprint density at radius 2 is 1.52 bits per heavy atom. The van der Waals surface area contributed by atoms with Crippen LogP contribution in [0.5, 0.6) is 0 Å². The number of halogens is 2. The average molecular weight is 380 g/mol. The van der Waals surface area contributed by atoms with E-state index >= 15 is 0 Å². The molecule has 2 aromatic carbocycles. The molecule has 0 radical (unpaired) electrons. The van der Waals surface area contributed by atoms with Gasteiger partial charge in [-0.05, 0) is 42.8 Å². The van der Waals surface area contributed by atoms with Crippen molar-refractivity contribution in [1.82, 2.24) is 0 Å². The standard InChI is InChI=1S/C18H19Cl2N3O2/c1-2-4-16(24)22-12-7-9-13(10-8-12)23-17(25)11-21-15-6-3-5-14(19)18(15)20/h3,5-10,21H,2,4,11H2,1H3,(H,22,24)(H,23,25). The molecule has 0 aliphatic rings. The second kappa shape index (κ2) is 9.30. The lowest BCUT2D eigenvalue weighted by Crippen LogP contribution is -2.21. The van der Waals surface area contributed by atoms with Crippen LogP contribution in [0, 0.1) is 0 Å². The van der Waals surface area contributed by atoms with Gasteiger partial charge in [-0.25, -0.2) is 0 Å². The molecule has 0 saturated carbocycles. The summed E-state index contributed by atoms with van der Waals surface area (Å²) >= 11 is 12.0. The number of carbonyl (C=O) groups excluding carboxylic acids is 2. The normalized spacial score (nSPS) is 10.2. The van der Waals surface area contributed by atoms with E-state index in [1.807, 2.05) is 6.92 Å². The predicted molar refractivity (Wildman–Crippen MR) is 104 cm³/mol. The first-order valence-corrected chi connectivity index (χ1v) is 8.63. The topological polar surface area (TPSA) is 70.2 Å². The van der Waals surface area contributed by atoms with E-state index in [1.165, 1.54) is 0 Å². The molecule has 0 saturated heterocycles. The summed E-state index contributed by atoms with van der Waals surface area (Å²) in [5.74, 6) is -0.249. The number of benzene rings is 2. The molecule has 0 heterocycles. The van der Waals surface area contributed by atoms with E-state index in [0.29, 0.717) is 33.5 Å². The van der Waals surface area contributed by atoms with Crippen molar-refractivity contribution in [3.8, 4) is 0 Å². The molecule has 7 heteroatoms. The molecule has 25 heavy (non-hydrogen) atoms. The molecule has 0 aliphatic carbocycles. The highest BCUT2D eigenvalue weighted by Crippen LogP contribution is 2.29. The highest BCUT2D eigenvalue weighted by atomic mass is 35.5. The van der Waals surface area contributed by atoms with Crippen LogP contribution in [0.3, 0.4) is 0 Å². The maximum Gasteiger partial charge on any atom is 0.243 e. The Hall–Kier alpha value is -2.24. The van der Waals surface area contributed by atoms with Crippen molar-refractivity contribution in [3.63, 3.8) is 0 Å². The van der Waals surface area contributed by atoms with Crippen LogP contribution in [0.25, 0.3) is 0 Å². The summed E-state index contributed by atoms with van der Waals surface area (Å²) in [6, 6.07) is 12.1. The minimum atomic E-state index is -0.223. The van der Waals surface area contributed by atoms with Gasteiger partial charge in [-0.3, -0.25) is 9.59 Å². The number of rotatable bonds is 7. The van der Waals surface area contributed by atoms with Crippen LogP contribution in [0.4, 0.5) is 17.1 Å². The second-order valence-corrected chi connectivity index (χ2v) is 6.16. The first-order valence-electron chi connectivity index (χ1n) is 7.87. The van der Waals surface area contributed by atoms with Gasteiger partial charge >= 0.3 is 0 Å².